The SMILES string of the molecule is COc1ccc(C(CC(=O)Nc2cccc(Cl)c2SC(F)F)NC(C)=O)cc1. The number of carbonyl (C=O) groups is 2. The van der Waals surface area contributed by atoms with Crippen LogP contribution in [-0.4, -0.2) is 24.7 Å². The van der Waals surface area contributed by atoms with E-state index in [9.17, 15) is 18.4 Å². The second-order valence-electron chi connectivity index (χ2n) is 5.77. The Morgan fingerprint density at radius 1 is 1.18 bits per heavy atom. The van der Waals surface area contributed by atoms with Gasteiger partial charge in [-0.1, -0.05) is 41.6 Å². The Bertz CT molecular complexity index is 834. The molecule has 2 aromatic rings. The summed E-state index contributed by atoms with van der Waals surface area (Å²) in [6.45, 7) is 1.35. The average molecular weight is 429 g/mol. The van der Waals surface area contributed by atoms with Crippen LogP contribution in [0.4, 0.5) is 14.5 Å². The van der Waals surface area contributed by atoms with Crippen LogP contribution in [-0.2, 0) is 9.59 Å². The Kier molecular flexibility index (Phi) is 8.07. The molecule has 0 aliphatic heterocycles. The first-order valence-electron chi connectivity index (χ1n) is 8.24. The predicted molar refractivity (Wildman–Crippen MR) is 106 cm³/mol. The molecule has 0 aromatic heterocycles. The lowest BCUT2D eigenvalue weighted by molar-refractivity contribution is -0.120. The van der Waals surface area contributed by atoms with Gasteiger partial charge >= 0.3 is 0 Å². The Balaban J connectivity index is 2.17. The Hall–Kier alpha value is -2.32. The van der Waals surface area contributed by atoms with Crippen molar-refractivity contribution in [1.82, 2.24) is 5.32 Å². The molecule has 9 heteroatoms. The highest BCUT2D eigenvalue weighted by Gasteiger charge is 2.20. The molecule has 0 spiro atoms. The number of methoxy groups -OCH3 is 1. The van der Waals surface area contributed by atoms with E-state index >= 15 is 0 Å². The normalized spacial score (nSPS) is 11.8. The first kappa shape index (κ1) is 22.0. The summed E-state index contributed by atoms with van der Waals surface area (Å²) in [6, 6.07) is 10.9. The van der Waals surface area contributed by atoms with Crippen molar-refractivity contribution in [1.29, 1.82) is 0 Å². The number of halogens is 3. The van der Waals surface area contributed by atoms with Crippen LogP contribution >= 0.6 is 23.4 Å². The highest BCUT2D eigenvalue weighted by Crippen LogP contribution is 2.37. The second kappa shape index (κ2) is 10.3. The van der Waals surface area contributed by atoms with E-state index in [1.54, 1.807) is 30.3 Å². The molecule has 0 aliphatic rings. The van der Waals surface area contributed by atoms with Gasteiger partial charge in [-0.3, -0.25) is 9.59 Å². The van der Waals surface area contributed by atoms with Crippen molar-refractivity contribution < 1.29 is 23.1 Å². The number of alkyl halides is 2. The number of hydrogen-bond acceptors (Lipinski definition) is 4. The van der Waals surface area contributed by atoms with Crippen LogP contribution in [0.1, 0.15) is 24.9 Å². The van der Waals surface area contributed by atoms with Gasteiger partial charge in [-0.25, -0.2) is 0 Å². The fraction of sp³-hybridized carbons (Fsp3) is 0.263. The molecule has 0 aliphatic carbocycles. The highest BCUT2D eigenvalue weighted by molar-refractivity contribution is 7.99. The fourth-order valence-electron chi connectivity index (χ4n) is 2.54. The molecule has 5 nitrogen and oxygen atoms in total. The van der Waals surface area contributed by atoms with E-state index in [1.807, 2.05) is 0 Å². The van der Waals surface area contributed by atoms with Gasteiger partial charge in [0.25, 0.3) is 5.76 Å². The lowest BCUT2D eigenvalue weighted by Gasteiger charge is -2.19. The number of ether oxygens (including phenoxy) is 1. The number of rotatable bonds is 8. The zero-order chi connectivity index (χ0) is 20.7. The Morgan fingerprint density at radius 2 is 1.86 bits per heavy atom. The van der Waals surface area contributed by atoms with Crippen molar-refractivity contribution in [2.24, 2.45) is 0 Å². The van der Waals surface area contributed by atoms with Gasteiger partial charge in [0, 0.05) is 6.92 Å². The number of anilines is 1. The average Bonchev–Trinajstić information content (AvgIpc) is 2.63. The van der Waals surface area contributed by atoms with Crippen LogP contribution in [0, 0.1) is 0 Å². The van der Waals surface area contributed by atoms with E-state index in [0.29, 0.717) is 11.3 Å². The second-order valence-corrected chi connectivity index (χ2v) is 7.18. The maximum atomic E-state index is 12.8. The van der Waals surface area contributed by atoms with E-state index in [2.05, 4.69) is 10.6 Å². The standard InChI is InChI=1S/C19H19ClF2N2O3S/c1-11(25)23-16(12-6-8-13(27-2)9-7-12)10-17(26)24-15-5-3-4-14(20)18(15)28-19(21)22/h3-9,16,19H,10H2,1-2H3,(H,23,25)(H,24,26). The van der Waals surface area contributed by atoms with E-state index < -0.39 is 17.7 Å². The largest absolute Gasteiger partial charge is 0.497 e. The summed E-state index contributed by atoms with van der Waals surface area (Å²) in [7, 11) is 1.54. The molecule has 2 rings (SSSR count). The van der Waals surface area contributed by atoms with Crippen LogP contribution in [0.15, 0.2) is 47.4 Å². The molecule has 0 heterocycles. The first-order chi connectivity index (χ1) is 13.3. The van der Waals surface area contributed by atoms with Crippen LogP contribution in [0.2, 0.25) is 5.02 Å². The van der Waals surface area contributed by atoms with Gasteiger partial charge in [0.05, 0.1) is 35.2 Å². The zero-order valence-electron chi connectivity index (χ0n) is 15.2. The molecule has 2 amide bonds. The molecule has 0 saturated heterocycles. The Labute approximate surface area is 170 Å². The third-order valence-corrected chi connectivity index (χ3v) is 5.01. The number of benzene rings is 2. The smallest absolute Gasteiger partial charge is 0.289 e. The summed E-state index contributed by atoms with van der Waals surface area (Å²) in [5.41, 5.74) is 0.901. The van der Waals surface area contributed by atoms with E-state index in [0.717, 1.165) is 0 Å². The van der Waals surface area contributed by atoms with Crippen molar-refractivity contribution in [3.8, 4) is 5.75 Å². The number of amides is 2. The van der Waals surface area contributed by atoms with Crippen molar-refractivity contribution in [2.75, 3.05) is 12.4 Å². The molecule has 1 atom stereocenters. The topological polar surface area (TPSA) is 67.4 Å². The van der Waals surface area contributed by atoms with Gasteiger partial charge in [0.1, 0.15) is 5.75 Å². The van der Waals surface area contributed by atoms with Crippen LogP contribution in [0.25, 0.3) is 0 Å². The van der Waals surface area contributed by atoms with Gasteiger partial charge in [-0.2, -0.15) is 8.78 Å². The third-order valence-electron chi connectivity index (χ3n) is 3.73. The van der Waals surface area contributed by atoms with Gasteiger partial charge in [-0.15, -0.1) is 0 Å². The molecular weight excluding hydrogens is 410 g/mol. The quantitative estimate of drug-likeness (QED) is 0.589. The lowest BCUT2D eigenvalue weighted by Crippen LogP contribution is -2.29. The number of hydrogen-bond donors (Lipinski definition) is 2. The van der Waals surface area contributed by atoms with Crippen LogP contribution < -0.4 is 15.4 Å². The molecule has 0 radical (unpaired) electrons. The molecule has 2 aromatic carbocycles. The maximum absolute atomic E-state index is 12.8. The Morgan fingerprint density at radius 3 is 2.43 bits per heavy atom. The van der Waals surface area contributed by atoms with Crippen LogP contribution in [0.3, 0.4) is 0 Å². The summed E-state index contributed by atoms with van der Waals surface area (Å²) >= 11 is 6.24. The minimum atomic E-state index is -2.68. The third kappa shape index (κ3) is 6.38. The zero-order valence-corrected chi connectivity index (χ0v) is 16.7. The van der Waals surface area contributed by atoms with Crippen molar-refractivity contribution in [3.63, 3.8) is 0 Å². The van der Waals surface area contributed by atoms with E-state index in [4.69, 9.17) is 16.3 Å². The minimum Gasteiger partial charge on any atom is -0.497 e. The monoisotopic (exact) mass is 428 g/mol. The molecule has 2 N–H and O–H groups in total. The van der Waals surface area contributed by atoms with Gasteiger partial charge in [0.15, 0.2) is 0 Å². The highest BCUT2D eigenvalue weighted by atomic mass is 35.5. The van der Waals surface area contributed by atoms with Gasteiger partial charge in [-0.05, 0) is 29.8 Å². The fourth-order valence-corrected chi connectivity index (χ4v) is 3.45. The first-order valence-corrected chi connectivity index (χ1v) is 9.50. The van der Waals surface area contributed by atoms with Crippen LogP contribution in [0.5, 0.6) is 5.75 Å². The lowest BCUT2D eigenvalue weighted by atomic mass is 10.0. The summed E-state index contributed by atoms with van der Waals surface area (Å²) < 4.78 is 30.7. The van der Waals surface area contributed by atoms with E-state index in [-0.39, 0.29) is 39.7 Å². The minimum absolute atomic E-state index is 0.0861. The molecule has 0 fully saturated rings. The molecular formula is C19H19ClF2N2O3S. The molecule has 0 saturated carbocycles. The summed E-state index contributed by atoms with van der Waals surface area (Å²) in [5, 5.41) is 5.44. The van der Waals surface area contributed by atoms with Crippen molar-refractivity contribution in [3.05, 3.63) is 53.1 Å². The van der Waals surface area contributed by atoms with Crippen molar-refractivity contribution in [2.45, 2.75) is 30.0 Å². The molecule has 0 bridgehead atoms. The summed E-state index contributed by atoms with van der Waals surface area (Å²) in [6.07, 6.45) is -0.0861. The molecule has 1 unspecified atom stereocenters. The predicted octanol–water partition coefficient (Wildman–Crippen LogP) is 4.87. The number of carbonyl (C=O) groups excluding carboxylic acids is 2. The summed E-state index contributed by atoms with van der Waals surface area (Å²) in [5.74, 6) is -2.79. The van der Waals surface area contributed by atoms with Crippen molar-refractivity contribution >= 4 is 40.9 Å². The summed E-state index contributed by atoms with van der Waals surface area (Å²) in [4.78, 5) is 24.2. The molecule has 28 heavy (non-hydrogen) atoms. The van der Waals surface area contributed by atoms with Gasteiger partial charge in [0.2, 0.25) is 11.8 Å². The number of thioether (sulfide) groups is 1. The van der Waals surface area contributed by atoms with E-state index in [1.165, 1.54) is 26.2 Å². The molecule has 150 valence electrons. The maximum Gasteiger partial charge on any atom is 0.289 e. The number of nitrogens with one attached hydrogen (secondary N) is 2. The van der Waals surface area contributed by atoms with Gasteiger partial charge < -0.3 is 15.4 Å².